The number of nitrogens with two attached hydrogens (primary N) is 2. The number of nitrogens with zero attached hydrogens (tertiary/aromatic N) is 4. The maximum Gasteiger partial charge on any atom is 0.263 e. The lowest BCUT2D eigenvalue weighted by atomic mass is 10.1. The summed E-state index contributed by atoms with van der Waals surface area (Å²) in [7, 11) is 1.85. The fourth-order valence-electron chi connectivity index (χ4n) is 3.60. The molecule has 9 nitrogen and oxygen atoms in total. The smallest absolute Gasteiger partial charge is 0.263 e. The summed E-state index contributed by atoms with van der Waals surface area (Å²) >= 11 is 5.93. The van der Waals surface area contributed by atoms with Crippen molar-refractivity contribution in [1.82, 2.24) is 14.8 Å². The minimum atomic E-state index is -0.410. The van der Waals surface area contributed by atoms with Gasteiger partial charge in [-0.05, 0) is 19.3 Å². The third kappa shape index (κ3) is 3.38. The predicted molar refractivity (Wildman–Crippen MR) is 109 cm³/mol. The number of hydrogen-bond acceptors (Lipinski definition) is 7. The highest BCUT2D eigenvalue weighted by molar-refractivity contribution is 6.31. The first kappa shape index (κ1) is 18.6. The van der Waals surface area contributed by atoms with E-state index in [4.69, 9.17) is 27.5 Å². The number of amides is 1. The number of carbonyl (C=O) groups excluding carboxylic acids is 1. The Labute approximate surface area is 166 Å². The largest absolute Gasteiger partial charge is 0.438 e. The number of pyridine rings is 1. The van der Waals surface area contributed by atoms with Gasteiger partial charge in [-0.2, -0.15) is 5.10 Å². The van der Waals surface area contributed by atoms with Crippen LogP contribution >= 0.6 is 11.6 Å². The summed E-state index contributed by atoms with van der Waals surface area (Å²) in [6.07, 6.45) is 5.94. The van der Waals surface area contributed by atoms with Crippen molar-refractivity contribution in [2.24, 2.45) is 12.8 Å². The Kier molecular flexibility index (Phi) is 4.86. The normalized spacial score (nSPS) is 17.7. The number of hydrogen-bond donors (Lipinski definition) is 3. The fraction of sp³-hybridized carbons (Fsp3) is 0.389. The number of halogens is 1. The lowest BCUT2D eigenvalue weighted by Crippen LogP contribution is -2.29. The Morgan fingerprint density at radius 3 is 3.00 bits per heavy atom. The molecule has 4 rings (SSSR count). The molecule has 4 heterocycles. The van der Waals surface area contributed by atoms with Crippen molar-refractivity contribution in [3.63, 3.8) is 0 Å². The zero-order valence-electron chi connectivity index (χ0n) is 15.5. The minimum absolute atomic E-state index is 0.00606. The average Bonchev–Trinajstić information content (AvgIpc) is 3.07. The van der Waals surface area contributed by atoms with Crippen LogP contribution in [0.15, 0.2) is 22.9 Å². The third-order valence-electron chi connectivity index (χ3n) is 4.98. The molecular weight excluding hydrogens is 382 g/mol. The van der Waals surface area contributed by atoms with Crippen LogP contribution < -0.4 is 21.7 Å². The SMILES string of the molecule is Cn1ncc(NC(=O)c2c(N)oc3cc(Cl)cnc23)c1N1CCC[C@H](N)CC1. The van der Waals surface area contributed by atoms with Crippen molar-refractivity contribution < 1.29 is 9.21 Å². The highest BCUT2D eigenvalue weighted by atomic mass is 35.5. The molecule has 3 aromatic heterocycles. The number of furan rings is 1. The van der Waals surface area contributed by atoms with Gasteiger partial charge in [-0.15, -0.1) is 0 Å². The Bertz CT molecular complexity index is 1030. The summed E-state index contributed by atoms with van der Waals surface area (Å²) in [6.45, 7) is 1.66. The summed E-state index contributed by atoms with van der Waals surface area (Å²) in [5.74, 6) is 0.421. The lowest BCUT2D eigenvalue weighted by molar-refractivity contribution is 0.102. The van der Waals surface area contributed by atoms with Crippen LogP contribution in [-0.2, 0) is 7.05 Å². The molecule has 148 valence electrons. The molecule has 3 aromatic rings. The van der Waals surface area contributed by atoms with Crippen LogP contribution in [0.5, 0.6) is 0 Å². The molecule has 1 aliphatic rings. The van der Waals surface area contributed by atoms with Gasteiger partial charge in [-0.1, -0.05) is 11.6 Å². The van der Waals surface area contributed by atoms with Crippen LogP contribution in [0.4, 0.5) is 17.4 Å². The molecule has 0 aromatic carbocycles. The molecule has 0 unspecified atom stereocenters. The van der Waals surface area contributed by atoms with Gasteiger partial charge in [0, 0.05) is 38.4 Å². The molecular formula is C18H22ClN7O2. The quantitative estimate of drug-likeness (QED) is 0.612. The van der Waals surface area contributed by atoms with Crippen molar-refractivity contribution in [2.45, 2.75) is 25.3 Å². The summed E-state index contributed by atoms with van der Waals surface area (Å²) in [5.41, 5.74) is 13.5. The van der Waals surface area contributed by atoms with Gasteiger partial charge in [-0.3, -0.25) is 14.5 Å². The Morgan fingerprint density at radius 1 is 1.36 bits per heavy atom. The van der Waals surface area contributed by atoms with Crippen LogP contribution in [0.1, 0.15) is 29.6 Å². The third-order valence-corrected chi connectivity index (χ3v) is 5.18. The maximum absolute atomic E-state index is 13.0. The molecule has 1 amide bonds. The van der Waals surface area contributed by atoms with Crippen LogP contribution in [0.3, 0.4) is 0 Å². The van der Waals surface area contributed by atoms with E-state index in [1.807, 2.05) is 7.05 Å². The summed E-state index contributed by atoms with van der Waals surface area (Å²) in [6, 6.07) is 1.78. The second kappa shape index (κ2) is 7.33. The van der Waals surface area contributed by atoms with E-state index in [0.717, 1.165) is 38.2 Å². The number of carbonyl (C=O) groups is 1. The van der Waals surface area contributed by atoms with Crippen LogP contribution in [0.25, 0.3) is 11.1 Å². The van der Waals surface area contributed by atoms with E-state index < -0.39 is 5.91 Å². The standard InChI is InChI=1S/C18H22ClN7O2/c1-25-18(26-5-2-3-11(20)4-6-26)12(9-23-25)24-17(27)14-15-13(28-16(14)21)7-10(19)8-22-15/h7-9,11H,2-6,20-21H2,1H3,(H,24,27)/t11-/m0/s1. The van der Waals surface area contributed by atoms with Gasteiger partial charge in [0.25, 0.3) is 5.91 Å². The monoisotopic (exact) mass is 403 g/mol. The second-order valence-electron chi connectivity index (χ2n) is 6.98. The van der Waals surface area contributed by atoms with Gasteiger partial charge in [0.05, 0.1) is 11.2 Å². The van der Waals surface area contributed by atoms with Gasteiger partial charge in [-0.25, -0.2) is 0 Å². The van der Waals surface area contributed by atoms with Crippen molar-refractivity contribution in [3.05, 3.63) is 29.0 Å². The second-order valence-corrected chi connectivity index (χ2v) is 7.42. The van der Waals surface area contributed by atoms with Crippen LogP contribution in [-0.4, -0.2) is 39.8 Å². The van der Waals surface area contributed by atoms with E-state index in [2.05, 4.69) is 20.3 Å². The molecule has 0 spiro atoms. The predicted octanol–water partition coefficient (Wildman–Crippen LogP) is 2.37. The van der Waals surface area contributed by atoms with Gasteiger partial charge in [0.15, 0.2) is 11.4 Å². The molecule has 1 aliphatic heterocycles. The Morgan fingerprint density at radius 2 is 2.18 bits per heavy atom. The van der Waals surface area contributed by atoms with Gasteiger partial charge in [0.1, 0.15) is 16.8 Å². The number of anilines is 3. The van der Waals surface area contributed by atoms with Crippen LogP contribution in [0.2, 0.25) is 5.02 Å². The van der Waals surface area contributed by atoms with Gasteiger partial charge in [0.2, 0.25) is 5.88 Å². The molecule has 0 radical (unpaired) electrons. The lowest BCUT2D eigenvalue weighted by Gasteiger charge is -2.24. The first-order chi connectivity index (χ1) is 13.4. The molecule has 0 saturated carbocycles. The van der Waals surface area contributed by atoms with Crippen molar-refractivity contribution >= 4 is 46.0 Å². The number of nitrogen functional groups attached to an aromatic ring is 1. The number of rotatable bonds is 3. The van der Waals surface area contributed by atoms with E-state index in [1.165, 1.54) is 6.20 Å². The van der Waals surface area contributed by atoms with E-state index in [0.29, 0.717) is 21.8 Å². The number of aryl methyl sites for hydroxylation is 1. The Balaban J connectivity index is 1.64. The molecule has 1 atom stereocenters. The topological polar surface area (TPSA) is 128 Å². The first-order valence-electron chi connectivity index (χ1n) is 9.11. The maximum atomic E-state index is 13.0. The number of nitrogens with one attached hydrogen (secondary N) is 1. The average molecular weight is 404 g/mol. The summed E-state index contributed by atoms with van der Waals surface area (Å²) in [5, 5.41) is 7.62. The highest BCUT2D eigenvalue weighted by Gasteiger charge is 2.25. The van der Waals surface area contributed by atoms with Gasteiger partial charge < -0.3 is 26.1 Å². The highest BCUT2D eigenvalue weighted by Crippen LogP contribution is 2.31. The van der Waals surface area contributed by atoms with E-state index in [9.17, 15) is 4.79 Å². The molecule has 5 N–H and O–H groups in total. The van der Waals surface area contributed by atoms with Crippen molar-refractivity contribution in [2.75, 3.05) is 29.0 Å². The molecule has 0 aliphatic carbocycles. The zero-order valence-corrected chi connectivity index (χ0v) is 16.2. The van der Waals surface area contributed by atoms with Crippen LogP contribution in [0, 0.1) is 0 Å². The molecule has 28 heavy (non-hydrogen) atoms. The summed E-state index contributed by atoms with van der Waals surface area (Å²) in [4.78, 5) is 19.3. The molecule has 0 bridgehead atoms. The first-order valence-corrected chi connectivity index (χ1v) is 9.49. The number of fused-ring (bicyclic) bond motifs is 1. The summed E-state index contributed by atoms with van der Waals surface area (Å²) < 4.78 is 7.19. The van der Waals surface area contributed by atoms with E-state index >= 15 is 0 Å². The van der Waals surface area contributed by atoms with E-state index in [-0.39, 0.29) is 17.5 Å². The van der Waals surface area contributed by atoms with E-state index in [1.54, 1.807) is 16.9 Å². The molecule has 10 heteroatoms. The minimum Gasteiger partial charge on any atom is -0.438 e. The fourth-order valence-corrected chi connectivity index (χ4v) is 3.75. The van der Waals surface area contributed by atoms with Gasteiger partial charge >= 0.3 is 0 Å². The van der Waals surface area contributed by atoms with Crippen molar-refractivity contribution in [3.8, 4) is 0 Å². The Hall–Kier alpha value is -2.78. The number of aromatic nitrogens is 3. The molecule has 1 fully saturated rings. The van der Waals surface area contributed by atoms with Crippen molar-refractivity contribution in [1.29, 1.82) is 0 Å². The zero-order chi connectivity index (χ0) is 19.8. The molecule has 1 saturated heterocycles.